The first-order chi connectivity index (χ1) is 8.38. The lowest BCUT2D eigenvalue weighted by Gasteiger charge is -2.04. The Balaban J connectivity index is 2.31. The summed E-state index contributed by atoms with van der Waals surface area (Å²) in [6, 6.07) is 1.74. The van der Waals surface area contributed by atoms with Crippen LogP contribution in [0.3, 0.4) is 0 Å². The van der Waals surface area contributed by atoms with Gasteiger partial charge in [0, 0.05) is 0 Å². The highest BCUT2D eigenvalue weighted by Crippen LogP contribution is 2.26. The van der Waals surface area contributed by atoms with Crippen molar-refractivity contribution >= 4 is 5.69 Å². The fourth-order valence-corrected chi connectivity index (χ4v) is 1.13. The van der Waals surface area contributed by atoms with Crippen LogP contribution >= 0.6 is 0 Å². The maximum atomic E-state index is 12.2. The maximum absolute atomic E-state index is 12.2. The third-order valence-corrected chi connectivity index (χ3v) is 1.96. The van der Waals surface area contributed by atoms with Gasteiger partial charge in [-0.3, -0.25) is 10.1 Å². The molecular formula is C8H4F3N5O2. The summed E-state index contributed by atoms with van der Waals surface area (Å²) >= 11 is 0. The lowest BCUT2D eigenvalue weighted by molar-refractivity contribution is -0.384. The Morgan fingerprint density at radius 2 is 2.00 bits per heavy atom. The highest BCUT2D eigenvalue weighted by atomic mass is 19.4. The van der Waals surface area contributed by atoms with Crippen molar-refractivity contribution in [2.45, 2.75) is 6.18 Å². The quantitative estimate of drug-likeness (QED) is 0.603. The Bertz CT molecular complexity index is 577. The van der Waals surface area contributed by atoms with E-state index in [0.717, 1.165) is 29.2 Å². The van der Waals surface area contributed by atoms with Crippen molar-refractivity contribution in [2.75, 3.05) is 0 Å². The van der Waals surface area contributed by atoms with Crippen molar-refractivity contribution in [3.8, 4) is 5.82 Å². The molecule has 2 aromatic heterocycles. The SMILES string of the molecule is O=[N+]([O-])c1cnn(-c2ccc(C(F)(F)F)nn2)c1. The molecule has 0 saturated carbocycles. The van der Waals surface area contributed by atoms with Crippen LogP contribution in [0.1, 0.15) is 5.69 Å². The average molecular weight is 259 g/mol. The summed E-state index contributed by atoms with van der Waals surface area (Å²) in [7, 11) is 0. The van der Waals surface area contributed by atoms with Gasteiger partial charge in [-0.15, -0.1) is 10.2 Å². The smallest absolute Gasteiger partial charge is 0.258 e. The molecule has 2 heterocycles. The van der Waals surface area contributed by atoms with E-state index >= 15 is 0 Å². The van der Waals surface area contributed by atoms with Crippen LogP contribution in [0.15, 0.2) is 24.5 Å². The topological polar surface area (TPSA) is 86.7 Å². The van der Waals surface area contributed by atoms with Crippen molar-refractivity contribution in [3.05, 3.63) is 40.3 Å². The van der Waals surface area contributed by atoms with Gasteiger partial charge in [-0.05, 0) is 12.1 Å². The number of aromatic nitrogens is 4. The van der Waals surface area contributed by atoms with E-state index in [-0.39, 0.29) is 11.5 Å². The van der Waals surface area contributed by atoms with E-state index in [0.29, 0.717) is 0 Å². The standard InChI is InChI=1S/C8H4F3N5O2/c9-8(10,11)6-1-2-7(14-13-6)15-4-5(3-12-15)16(17)18/h1-4H. The molecule has 0 N–H and O–H groups in total. The lowest BCUT2D eigenvalue weighted by atomic mass is 10.4. The summed E-state index contributed by atoms with van der Waals surface area (Å²) in [5.41, 5.74) is -1.44. The molecule has 0 aliphatic heterocycles. The fraction of sp³-hybridized carbons (Fsp3) is 0.125. The second-order valence-corrected chi connectivity index (χ2v) is 3.17. The van der Waals surface area contributed by atoms with Gasteiger partial charge in [0.15, 0.2) is 11.5 Å². The molecule has 18 heavy (non-hydrogen) atoms. The molecule has 0 unspecified atom stereocenters. The van der Waals surface area contributed by atoms with Gasteiger partial charge in [0.05, 0.1) is 4.92 Å². The van der Waals surface area contributed by atoms with Crippen LogP contribution in [0.4, 0.5) is 18.9 Å². The monoisotopic (exact) mass is 259 g/mol. The van der Waals surface area contributed by atoms with Gasteiger partial charge in [-0.25, -0.2) is 4.68 Å². The van der Waals surface area contributed by atoms with Crippen LogP contribution in [-0.4, -0.2) is 24.9 Å². The van der Waals surface area contributed by atoms with Gasteiger partial charge >= 0.3 is 11.9 Å². The second-order valence-electron chi connectivity index (χ2n) is 3.17. The summed E-state index contributed by atoms with van der Waals surface area (Å²) in [6.07, 6.45) is -2.60. The first kappa shape index (κ1) is 12.0. The van der Waals surface area contributed by atoms with Gasteiger partial charge in [0.2, 0.25) is 0 Å². The molecule has 0 bridgehead atoms. The number of halogens is 3. The average Bonchev–Trinajstić information content (AvgIpc) is 2.77. The normalized spacial score (nSPS) is 11.5. The molecule has 0 aliphatic rings. The number of hydrogen-bond donors (Lipinski definition) is 0. The Morgan fingerprint density at radius 3 is 2.44 bits per heavy atom. The zero-order chi connectivity index (χ0) is 13.3. The van der Waals surface area contributed by atoms with Crippen LogP contribution < -0.4 is 0 Å². The molecule has 2 aromatic rings. The molecule has 0 amide bonds. The number of alkyl halides is 3. The Morgan fingerprint density at radius 1 is 1.28 bits per heavy atom. The predicted octanol–water partition coefficient (Wildman–Crippen LogP) is 1.59. The molecule has 0 aromatic carbocycles. The first-order valence-corrected chi connectivity index (χ1v) is 4.48. The molecule has 7 nitrogen and oxygen atoms in total. The summed E-state index contributed by atoms with van der Waals surface area (Å²) in [5, 5.41) is 20.3. The molecular weight excluding hydrogens is 255 g/mol. The van der Waals surface area contributed by atoms with E-state index in [1.807, 2.05) is 0 Å². The van der Waals surface area contributed by atoms with Gasteiger partial charge in [-0.1, -0.05) is 0 Å². The van der Waals surface area contributed by atoms with Gasteiger partial charge < -0.3 is 0 Å². The zero-order valence-corrected chi connectivity index (χ0v) is 8.50. The maximum Gasteiger partial charge on any atom is 0.435 e. The van der Waals surface area contributed by atoms with Crippen molar-refractivity contribution < 1.29 is 18.1 Å². The van der Waals surface area contributed by atoms with Crippen molar-refractivity contribution in [1.82, 2.24) is 20.0 Å². The van der Waals surface area contributed by atoms with E-state index in [1.54, 1.807) is 0 Å². The fourth-order valence-electron chi connectivity index (χ4n) is 1.13. The van der Waals surface area contributed by atoms with Crippen molar-refractivity contribution in [3.63, 3.8) is 0 Å². The highest BCUT2D eigenvalue weighted by molar-refractivity contribution is 5.28. The minimum Gasteiger partial charge on any atom is -0.258 e. The Kier molecular flexibility index (Phi) is 2.69. The number of hydrogen-bond acceptors (Lipinski definition) is 5. The third kappa shape index (κ3) is 2.26. The van der Waals surface area contributed by atoms with Crippen molar-refractivity contribution in [1.29, 1.82) is 0 Å². The largest absolute Gasteiger partial charge is 0.435 e. The molecule has 2 rings (SSSR count). The van der Waals surface area contributed by atoms with E-state index in [4.69, 9.17) is 0 Å². The van der Waals surface area contributed by atoms with Crippen LogP contribution in [-0.2, 0) is 6.18 Å². The Labute approximate surface area is 97.0 Å². The summed E-state index contributed by atoms with van der Waals surface area (Å²) in [6.45, 7) is 0. The molecule has 0 aliphatic carbocycles. The van der Waals surface area contributed by atoms with Crippen molar-refractivity contribution in [2.24, 2.45) is 0 Å². The van der Waals surface area contributed by atoms with Gasteiger partial charge in [-0.2, -0.15) is 18.3 Å². The highest BCUT2D eigenvalue weighted by Gasteiger charge is 2.33. The number of nitro groups is 1. The molecule has 0 fully saturated rings. The molecule has 0 atom stereocenters. The van der Waals surface area contributed by atoms with Crippen LogP contribution in [0.5, 0.6) is 0 Å². The van der Waals surface area contributed by atoms with E-state index in [2.05, 4.69) is 15.3 Å². The summed E-state index contributed by atoms with van der Waals surface area (Å²) < 4.78 is 37.6. The lowest BCUT2D eigenvalue weighted by Crippen LogP contribution is -2.10. The third-order valence-electron chi connectivity index (χ3n) is 1.96. The Hall–Kier alpha value is -2.52. The summed E-state index contributed by atoms with van der Waals surface area (Å²) in [4.78, 5) is 9.72. The van der Waals surface area contributed by atoms with Crippen LogP contribution in [0, 0.1) is 10.1 Å². The van der Waals surface area contributed by atoms with Crippen LogP contribution in [0.2, 0.25) is 0 Å². The molecule has 94 valence electrons. The van der Waals surface area contributed by atoms with E-state index in [9.17, 15) is 23.3 Å². The number of rotatable bonds is 2. The summed E-state index contributed by atoms with van der Waals surface area (Å²) in [5.74, 6) is -0.0453. The van der Waals surface area contributed by atoms with Gasteiger partial charge in [0.1, 0.15) is 12.4 Å². The second kappa shape index (κ2) is 4.05. The molecule has 0 spiro atoms. The molecule has 0 saturated heterocycles. The van der Waals surface area contributed by atoms with Gasteiger partial charge in [0.25, 0.3) is 0 Å². The minimum atomic E-state index is -4.58. The van der Waals surface area contributed by atoms with Crippen LogP contribution in [0.25, 0.3) is 5.82 Å². The first-order valence-electron chi connectivity index (χ1n) is 4.48. The van der Waals surface area contributed by atoms with E-state index in [1.165, 1.54) is 0 Å². The van der Waals surface area contributed by atoms with E-state index < -0.39 is 16.8 Å². The molecule has 10 heteroatoms. The zero-order valence-electron chi connectivity index (χ0n) is 8.50. The predicted molar refractivity (Wildman–Crippen MR) is 50.8 cm³/mol. The number of nitrogens with zero attached hydrogens (tertiary/aromatic N) is 5. The minimum absolute atomic E-state index is 0.0453. The molecule has 0 radical (unpaired) electrons.